The molecule has 1 unspecified atom stereocenters. The number of ether oxygens (including phenoxy) is 1. The fraction of sp³-hybridized carbons (Fsp3) is 0.318. The molecule has 1 saturated heterocycles. The second-order valence-corrected chi connectivity index (χ2v) is 8.30. The summed E-state index contributed by atoms with van der Waals surface area (Å²) in [5.74, 6) is 0.781. The molecule has 1 aliphatic rings. The van der Waals surface area contributed by atoms with Crippen LogP contribution >= 0.6 is 11.3 Å². The highest BCUT2D eigenvalue weighted by molar-refractivity contribution is 7.15. The lowest BCUT2D eigenvalue weighted by atomic mass is 10.0. The predicted octanol–water partition coefficient (Wildman–Crippen LogP) is 4.43. The van der Waals surface area contributed by atoms with Crippen LogP contribution in [-0.2, 0) is 6.42 Å². The minimum absolute atomic E-state index is 0.00204. The van der Waals surface area contributed by atoms with Crippen molar-refractivity contribution in [2.24, 2.45) is 0 Å². The molecule has 1 fully saturated rings. The van der Waals surface area contributed by atoms with Crippen LogP contribution in [-0.4, -0.2) is 40.1 Å². The number of hydrogen-bond acceptors (Lipinski definition) is 5. The Morgan fingerprint density at radius 2 is 2.03 bits per heavy atom. The molecule has 0 radical (unpaired) electrons. The number of benzene rings is 1. The molecule has 1 atom stereocenters. The molecule has 4 rings (SSSR count). The first-order valence-electron chi connectivity index (χ1n) is 9.72. The number of pyridine rings is 1. The van der Waals surface area contributed by atoms with Crippen LogP contribution in [0.3, 0.4) is 0 Å². The third-order valence-corrected chi connectivity index (χ3v) is 6.18. The van der Waals surface area contributed by atoms with Crippen LogP contribution in [0.25, 0.3) is 0 Å². The SMILES string of the molecule is Cc1ccccc1Cc1sc(NC(=O)N2CCC(Oc3ccncc3)C2)nc1C. The summed E-state index contributed by atoms with van der Waals surface area (Å²) in [5, 5.41) is 3.61. The van der Waals surface area contributed by atoms with Crippen molar-refractivity contribution in [2.45, 2.75) is 32.8 Å². The average molecular weight is 409 g/mol. The summed E-state index contributed by atoms with van der Waals surface area (Å²) < 4.78 is 5.93. The minimum Gasteiger partial charge on any atom is -0.488 e. The Labute approximate surface area is 174 Å². The second-order valence-electron chi connectivity index (χ2n) is 7.22. The van der Waals surface area contributed by atoms with Crippen molar-refractivity contribution in [2.75, 3.05) is 18.4 Å². The number of thiazole rings is 1. The van der Waals surface area contributed by atoms with Gasteiger partial charge in [0.15, 0.2) is 5.13 Å². The molecule has 3 heterocycles. The lowest BCUT2D eigenvalue weighted by Crippen LogP contribution is -2.34. The molecule has 2 amide bonds. The number of anilines is 1. The fourth-order valence-corrected chi connectivity index (χ4v) is 4.39. The highest BCUT2D eigenvalue weighted by atomic mass is 32.1. The van der Waals surface area contributed by atoms with Crippen LogP contribution < -0.4 is 10.1 Å². The number of amides is 2. The van der Waals surface area contributed by atoms with Crippen molar-refractivity contribution in [3.8, 4) is 5.75 Å². The number of nitrogens with zero attached hydrogens (tertiary/aromatic N) is 3. The highest BCUT2D eigenvalue weighted by Crippen LogP contribution is 2.27. The number of rotatable bonds is 5. The van der Waals surface area contributed by atoms with Crippen LogP contribution in [0.5, 0.6) is 5.75 Å². The summed E-state index contributed by atoms with van der Waals surface area (Å²) in [6.07, 6.45) is 5.04. The number of carbonyl (C=O) groups is 1. The summed E-state index contributed by atoms with van der Waals surface area (Å²) in [6.45, 7) is 5.34. The molecule has 0 saturated carbocycles. The Morgan fingerprint density at radius 3 is 2.83 bits per heavy atom. The van der Waals surface area contributed by atoms with Gasteiger partial charge >= 0.3 is 6.03 Å². The van der Waals surface area contributed by atoms with Crippen molar-refractivity contribution in [1.82, 2.24) is 14.9 Å². The number of nitrogens with one attached hydrogen (secondary N) is 1. The molecule has 6 nitrogen and oxygen atoms in total. The Morgan fingerprint density at radius 1 is 1.24 bits per heavy atom. The molecule has 0 bridgehead atoms. The molecule has 0 aliphatic carbocycles. The van der Waals surface area contributed by atoms with E-state index in [-0.39, 0.29) is 12.1 Å². The first kappa shape index (κ1) is 19.4. The molecule has 1 aromatic carbocycles. The molecule has 1 aliphatic heterocycles. The zero-order chi connectivity index (χ0) is 20.2. The first-order valence-corrected chi connectivity index (χ1v) is 10.5. The van der Waals surface area contributed by atoms with Crippen molar-refractivity contribution in [3.63, 3.8) is 0 Å². The van der Waals surface area contributed by atoms with Gasteiger partial charge in [0.05, 0.1) is 12.2 Å². The number of aromatic nitrogens is 2. The summed E-state index contributed by atoms with van der Waals surface area (Å²) in [6, 6.07) is 11.9. The number of carbonyl (C=O) groups excluding carboxylic acids is 1. The van der Waals surface area contributed by atoms with E-state index in [4.69, 9.17) is 4.74 Å². The maximum Gasteiger partial charge on any atom is 0.323 e. The average Bonchev–Trinajstić information content (AvgIpc) is 3.31. The standard InChI is InChI=1S/C22H24N4O2S/c1-15-5-3-4-6-17(15)13-20-16(2)24-21(29-20)25-22(27)26-12-9-19(14-26)28-18-7-10-23-11-8-18/h3-8,10-11,19H,9,12-14H2,1-2H3,(H,24,25,27). The number of likely N-dealkylation sites (tertiary alicyclic amines) is 1. The molecular weight excluding hydrogens is 384 g/mol. The molecule has 7 heteroatoms. The van der Waals surface area contributed by atoms with E-state index < -0.39 is 0 Å². The number of hydrogen-bond donors (Lipinski definition) is 1. The molecule has 1 N–H and O–H groups in total. The van der Waals surface area contributed by atoms with E-state index in [0.717, 1.165) is 24.3 Å². The van der Waals surface area contributed by atoms with Gasteiger partial charge in [-0.3, -0.25) is 10.3 Å². The van der Waals surface area contributed by atoms with Gasteiger partial charge in [0.2, 0.25) is 0 Å². The Bertz CT molecular complexity index is 989. The van der Waals surface area contributed by atoms with E-state index in [1.54, 1.807) is 28.6 Å². The first-order chi connectivity index (χ1) is 14.1. The Kier molecular flexibility index (Phi) is 5.76. The van der Waals surface area contributed by atoms with Gasteiger partial charge in [-0.25, -0.2) is 9.78 Å². The minimum atomic E-state index is -0.123. The molecule has 2 aromatic heterocycles. The lowest BCUT2D eigenvalue weighted by molar-refractivity contribution is 0.194. The predicted molar refractivity (Wildman–Crippen MR) is 115 cm³/mol. The Hall–Kier alpha value is -2.93. The molecule has 29 heavy (non-hydrogen) atoms. The number of aryl methyl sites for hydroxylation is 2. The zero-order valence-electron chi connectivity index (χ0n) is 16.6. The van der Waals surface area contributed by atoms with Gasteiger partial charge in [0, 0.05) is 36.7 Å². The van der Waals surface area contributed by atoms with E-state index in [1.165, 1.54) is 16.0 Å². The fourth-order valence-electron chi connectivity index (χ4n) is 3.42. The molecule has 150 valence electrons. The van der Waals surface area contributed by atoms with Gasteiger partial charge in [0.1, 0.15) is 11.9 Å². The lowest BCUT2D eigenvalue weighted by Gasteiger charge is -2.17. The second kappa shape index (κ2) is 8.61. The van der Waals surface area contributed by atoms with Crippen LogP contribution in [0.1, 0.15) is 28.1 Å². The normalized spacial score (nSPS) is 16.1. The van der Waals surface area contributed by atoms with Crippen molar-refractivity contribution < 1.29 is 9.53 Å². The van der Waals surface area contributed by atoms with Gasteiger partial charge < -0.3 is 9.64 Å². The van der Waals surface area contributed by atoms with Crippen LogP contribution in [0.2, 0.25) is 0 Å². The smallest absolute Gasteiger partial charge is 0.323 e. The Balaban J connectivity index is 1.35. The molecular formula is C22H24N4O2S. The topological polar surface area (TPSA) is 67.4 Å². The third-order valence-electron chi connectivity index (χ3n) is 5.10. The van der Waals surface area contributed by atoms with E-state index in [1.807, 2.05) is 25.1 Å². The van der Waals surface area contributed by atoms with Gasteiger partial charge in [-0.1, -0.05) is 24.3 Å². The third kappa shape index (κ3) is 4.74. The van der Waals surface area contributed by atoms with Gasteiger partial charge in [0.25, 0.3) is 0 Å². The summed E-state index contributed by atoms with van der Waals surface area (Å²) in [4.78, 5) is 24.2. The maximum absolute atomic E-state index is 12.7. The van der Waals surface area contributed by atoms with E-state index in [9.17, 15) is 4.79 Å². The van der Waals surface area contributed by atoms with Crippen LogP contribution in [0.4, 0.5) is 9.93 Å². The van der Waals surface area contributed by atoms with E-state index in [0.29, 0.717) is 18.2 Å². The van der Waals surface area contributed by atoms with E-state index in [2.05, 4.69) is 40.4 Å². The molecule has 0 spiro atoms. The van der Waals surface area contributed by atoms with Crippen LogP contribution in [0, 0.1) is 13.8 Å². The molecule has 3 aromatic rings. The number of urea groups is 1. The summed E-state index contributed by atoms with van der Waals surface area (Å²) in [5.41, 5.74) is 3.52. The van der Waals surface area contributed by atoms with Crippen molar-refractivity contribution in [3.05, 3.63) is 70.5 Å². The maximum atomic E-state index is 12.7. The monoisotopic (exact) mass is 408 g/mol. The zero-order valence-corrected chi connectivity index (χ0v) is 17.4. The van der Waals surface area contributed by atoms with Gasteiger partial charge in [-0.2, -0.15) is 0 Å². The highest BCUT2D eigenvalue weighted by Gasteiger charge is 2.28. The summed E-state index contributed by atoms with van der Waals surface area (Å²) in [7, 11) is 0. The van der Waals surface area contributed by atoms with Crippen molar-refractivity contribution >= 4 is 22.5 Å². The largest absolute Gasteiger partial charge is 0.488 e. The van der Waals surface area contributed by atoms with Crippen LogP contribution in [0.15, 0.2) is 48.8 Å². The quantitative estimate of drug-likeness (QED) is 0.678. The van der Waals surface area contributed by atoms with Gasteiger partial charge in [-0.15, -0.1) is 11.3 Å². The van der Waals surface area contributed by atoms with Crippen molar-refractivity contribution in [1.29, 1.82) is 0 Å². The van der Waals surface area contributed by atoms with E-state index >= 15 is 0 Å². The van der Waals surface area contributed by atoms with Gasteiger partial charge in [-0.05, 0) is 37.1 Å². The summed E-state index contributed by atoms with van der Waals surface area (Å²) >= 11 is 1.55.